The van der Waals surface area contributed by atoms with Crippen LogP contribution >= 0.6 is 11.6 Å². The van der Waals surface area contributed by atoms with E-state index in [1.165, 1.54) is 24.9 Å². The van der Waals surface area contributed by atoms with E-state index in [9.17, 15) is 9.90 Å². The summed E-state index contributed by atoms with van der Waals surface area (Å²) < 4.78 is 5.67. The second-order valence-corrected chi connectivity index (χ2v) is 9.71. The molecule has 0 bridgehead atoms. The number of aromatic carboxylic acids is 1. The van der Waals surface area contributed by atoms with Gasteiger partial charge in [0.1, 0.15) is 5.58 Å². The molecule has 1 aliphatic heterocycles. The standard InChI is InChI=1S/C26H29ClN2O3/c27-21-9-7-19(8-10-21)16-28(15-18-5-6-18)17-20-11-13-29(14-12-20)24-22-3-1-2-4-23(22)32-25(24)26(30)31/h1-4,7-10,18,20H,5-6,11-17H2,(H,30,31). The zero-order valence-corrected chi connectivity index (χ0v) is 18.9. The molecule has 2 aromatic carbocycles. The molecule has 2 fully saturated rings. The lowest BCUT2D eigenvalue weighted by atomic mass is 9.95. The van der Waals surface area contributed by atoms with E-state index >= 15 is 0 Å². The molecule has 5 nitrogen and oxygen atoms in total. The number of anilines is 1. The van der Waals surface area contributed by atoms with Crippen LogP contribution in [-0.4, -0.2) is 42.2 Å². The number of fused-ring (bicyclic) bond motifs is 1. The Labute approximate surface area is 193 Å². The van der Waals surface area contributed by atoms with Gasteiger partial charge in [-0.15, -0.1) is 0 Å². The Morgan fingerprint density at radius 2 is 1.66 bits per heavy atom. The number of hydrogen-bond donors (Lipinski definition) is 1. The minimum Gasteiger partial charge on any atom is -0.475 e. The number of nitrogens with zero attached hydrogens (tertiary/aromatic N) is 2. The largest absolute Gasteiger partial charge is 0.475 e. The van der Waals surface area contributed by atoms with Crippen LogP contribution in [0.1, 0.15) is 41.8 Å². The minimum atomic E-state index is -1.00. The quantitative estimate of drug-likeness (QED) is 0.460. The first-order valence-electron chi connectivity index (χ1n) is 11.5. The number of hydrogen-bond acceptors (Lipinski definition) is 4. The first-order chi connectivity index (χ1) is 15.6. The van der Waals surface area contributed by atoms with Gasteiger partial charge in [-0.3, -0.25) is 4.90 Å². The van der Waals surface area contributed by atoms with Crippen LogP contribution in [0.2, 0.25) is 5.02 Å². The molecule has 1 aliphatic carbocycles. The maximum atomic E-state index is 11.8. The van der Waals surface area contributed by atoms with Crippen LogP contribution in [0.25, 0.3) is 11.0 Å². The fraction of sp³-hybridized carbons (Fsp3) is 0.423. The lowest BCUT2D eigenvalue weighted by Gasteiger charge is -2.36. The highest BCUT2D eigenvalue weighted by molar-refractivity contribution is 6.30. The molecule has 0 spiro atoms. The van der Waals surface area contributed by atoms with Gasteiger partial charge in [-0.05, 0) is 67.3 Å². The summed E-state index contributed by atoms with van der Waals surface area (Å²) in [6.07, 6.45) is 4.81. The van der Waals surface area contributed by atoms with Crippen molar-refractivity contribution < 1.29 is 14.3 Å². The van der Waals surface area contributed by atoms with Gasteiger partial charge in [0.2, 0.25) is 5.76 Å². The van der Waals surface area contributed by atoms with Gasteiger partial charge < -0.3 is 14.4 Å². The van der Waals surface area contributed by atoms with Crippen LogP contribution in [0.4, 0.5) is 5.69 Å². The molecular formula is C26H29ClN2O3. The van der Waals surface area contributed by atoms with Crippen molar-refractivity contribution in [2.45, 2.75) is 32.2 Å². The Kier molecular flexibility index (Phi) is 6.11. The zero-order valence-electron chi connectivity index (χ0n) is 18.2. The van der Waals surface area contributed by atoms with Gasteiger partial charge in [0.05, 0.1) is 5.69 Å². The predicted molar refractivity (Wildman–Crippen MR) is 128 cm³/mol. The summed E-state index contributed by atoms with van der Waals surface area (Å²) >= 11 is 6.06. The number of benzene rings is 2. The molecule has 6 heteroatoms. The average molecular weight is 453 g/mol. The van der Waals surface area contributed by atoms with E-state index in [4.69, 9.17) is 16.0 Å². The van der Waals surface area contributed by atoms with Gasteiger partial charge in [-0.2, -0.15) is 0 Å². The summed E-state index contributed by atoms with van der Waals surface area (Å²) in [6, 6.07) is 15.8. The monoisotopic (exact) mass is 452 g/mol. The van der Waals surface area contributed by atoms with Crippen LogP contribution < -0.4 is 4.90 Å². The molecule has 0 radical (unpaired) electrons. The van der Waals surface area contributed by atoms with Crippen molar-refractivity contribution in [1.82, 2.24) is 4.90 Å². The summed E-state index contributed by atoms with van der Waals surface area (Å²) in [5, 5.41) is 11.4. The van der Waals surface area contributed by atoms with Crippen LogP contribution in [-0.2, 0) is 6.54 Å². The summed E-state index contributed by atoms with van der Waals surface area (Å²) in [5.41, 5.74) is 2.69. The van der Waals surface area contributed by atoms with Crippen molar-refractivity contribution in [3.05, 3.63) is 64.9 Å². The van der Waals surface area contributed by atoms with E-state index < -0.39 is 5.97 Å². The third-order valence-electron chi connectivity index (χ3n) is 6.74. The molecule has 0 unspecified atom stereocenters. The third kappa shape index (κ3) is 4.79. The highest BCUT2D eigenvalue weighted by Crippen LogP contribution is 2.37. The van der Waals surface area contributed by atoms with Crippen LogP contribution in [0.3, 0.4) is 0 Å². The maximum Gasteiger partial charge on any atom is 0.374 e. The normalized spacial score (nSPS) is 17.4. The third-order valence-corrected chi connectivity index (χ3v) is 7.00. The molecule has 3 aromatic rings. The Morgan fingerprint density at radius 3 is 2.31 bits per heavy atom. The SMILES string of the molecule is O=C(O)c1oc2ccccc2c1N1CCC(CN(Cc2ccc(Cl)cc2)CC2CC2)CC1. The summed E-state index contributed by atoms with van der Waals surface area (Å²) in [5.74, 6) is 0.515. The number of carboxylic acids is 1. The number of carboxylic acid groups (broad SMARTS) is 1. The first kappa shape index (κ1) is 21.4. The van der Waals surface area contributed by atoms with Crippen molar-refractivity contribution >= 4 is 34.2 Å². The molecule has 32 heavy (non-hydrogen) atoms. The molecule has 1 saturated carbocycles. The molecule has 0 amide bonds. The number of rotatable bonds is 8. The van der Waals surface area contributed by atoms with E-state index in [1.807, 2.05) is 36.4 Å². The smallest absolute Gasteiger partial charge is 0.374 e. The van der Waals surface area contributed by atoms with Gasteiger partial charge >= 0.3 is 5.97 Å². The maximum absolute atomic E-state index is 11.8. The van der Waals surface area contributed by atoms with Gasteiger partial charge in [0.15, 0.2) is 0 Å². The number of halogens is 1. The Hall–Kier alpha value is -2.50. The lowest BCUT2D eigenvalue weighted by Crippen LogP contribution is -2.39. The van der Waals surface area contributed by atoms with E-state index in [0.717, 1.165) is 61.0 Å². The molecule has 1 saturated heterocycles. The van der Waals surface area contributed by atoms with E-state index in [0.29, 0.717) is 11.5 Å². The topological polar surface area (TPSA) is 56.9 Å². The number of carbonyl (C=O) groups is 1. The minimum absolute atomic E-state index is 0.0581. The molecule has 1 N–H and O–H groups in total. The molecule has 5 rings (SSSR count). The van der Waals surface area contributed by atoms with Gasteiger partial charge in [-0.25, -0.2) is 4.79 Å². The van der Waals surface area contributed by atoms with Crippen molar-refractivity contribution in [2.75, 3.05) is 31.1 Å². The van der Waals surface area contributed by atoms with E-state index in [1.54, 1.807) is 0 Å². The number of para-hydroxylation sites is 1. The summed E-state index contributed by atoms with van der Waals surface area (Å²) in [4.78, 5) is 16.6. The van der Waals surface area contributed by atoms with Crippen molar-refractivity contribution in [3.8, 4) is 0 Å². The van der Waals surface area contributed by atoms with Crippen molar-refractivity contribution in [3.63, 3.8) is 0 Å². The first-order valence-corrected chi connectivity index (χ1v) is 11.9. The average Bonchev–Trinajstić information content (AvgIpc) is 3.52. The highest BCUT2D eigenvalue weighted by Gasteiger charge is 2.30. The van der Waals surface area contributed by atoms with Crippen molar-refractivity contribution in [1.29, 1.82) is 0 Å². The number of furan rings is 1. The van der Waals surface area contributed by atoms with Gasteiger partial charge in [0.25, 0.3) is 0 Å². The molecule has 168 valence electrons. The highest BCUT2D eigenvalue weighted by atomic mass is 35.5. The van der Waals surface area contributed by atoms with Gasteiger partial charge in [0, 0.05) is 43.1 Å². The van der Waals surface area contributed by atoms with Crippen LogP contribution in [0, 0.1) is 11.8 Å². The summed E-state index contributed by atoms with van der Waals surface area (Å²) in [7, 11) is 0. The molecular weight excluding hydrogens is 424 g/mol. The predicted octanol–water partition coefficient (Wildman–Crippen LogP) is 5.91. The van der Waals surface area contributed by atoms with Crippen LogP contribution in [0.5, 0.6) is 0 Å². The van der Waals surface area contributed by atoms with Crippen LogP contribution in [0.15, 0.2) is 52.9 Å². The lowest BCUT2D eigenvalue weighted by molar-refractivity contribution is 0.0665. The van der Waals surface area contributed by atoms with Gasteiger partial charge in [-0.1, -0.05) is 35.9 Å². The van der Waals surface area contributed by atoms with E-state index in [-0.39, 0.29) is 5.76 Å². The Morgan fingerprint density at radius 1 is 1.00 bits per heavy atom. The second-order valence-electron chi connectivity index (χ2n) is 9.28. The van der Waals surface area contributed by atoms with Crippen molar-refractivity contribution in [2.24, 2.45) is 11.8 Å². The molecule has 2 heterocycles. The summed E-state index contributed by atoms with van der Waals surface area (Å²) in [6.45, 7) is 4.92. The van der Waals surface area contributed by atoms with E-state index in [2.05, 4.69) is 21.9 Å². The number of piperidine rings is 1. The Bertz CT molecular complexity index is 1080. The Balaban J connectivity index is 1.26. The molecule has 2 aliphatic rings. The second kappa shape index (κ2) is 9.16. The fourth-order valence-corrected chi connectivity index (χ4v) is 5.04. The zero-order chi connectivity index (χ0) is 22.1. The molecule has 0 atom stereocenters. The molecule has 1 aromatic heterocycles. The fourth-order valence-electron chi connectivity index (χ4n) is 4.91.